The monoisotopic (exact) mass is 1700 g/mol. The number of fused-ring (bicyclic) bond motifs is 6. The molecule has 0 heterocycles. The fraction of sp³-hybridized carbons (Fsp3) is 0.297. The molecule has 676 valence electrons. The van der Waals surface area contributed by atoms with Crippen LogP contribution in [0.3, 0.4) is 0 Å². The van der Waals surface area contributed by atoms with Crippen molar-refractivity contribution < 1.29 is 0 Å². The second-order valence-electron chi connectivity index (χ2n) is 29.6. The third-order valence-corrected chi connectivity index (χ3v) is 15.6. The maximum absolute atomic E-state index is 5.48. The summed E-state index contributed by atoms with van der Waals surface area (Å²) in [5.41, 5.74) is 13.6. The predicted octanol–water partition coefficient (Wildman–Crippen LogP) is 39.0. The number of rotatable bonds is 0. The van der Waals surface area contributed by atoms with Crippen LogP contribution in [0.2, 0.25) is 0 Å². The van der Waals surface area contributed by atoms with Crippen LogP contribution < -0.4 is 0 Å². The van der Waals surface area contributed by atoms with Crippen LogP contribution in [0.25, 0.3) is 64.6 Å². The average Bonchev–Trinajstić information content (AvgIpc) is 0.815. The van der Waals surface area contributed by atoms with Crippen LogP contribution in [-0.4, -0.2) is 0 Å². The molecule has 0 saturated heterocycles. The van der Waals surface area contributed by atoms with E-state index in [4.69, 9.17) is 19.3 Å². The minimum absolute atomic E-state index is 0. The van der Waals surface area contributed by atoms with Crippen molar-refractivity contribution in [2.24, 2.45) is 0 Å². The highest BCUT2D eigenvalue weighted by Crippen LogP contribution is 2.23. The van der Waals surface area contributed by atoms with Crippen molar-refractivity contribution in [2.45, 2.75) is 260 Å². The molecule has 128 heavy (non-hydrogen) atoms. The van der Waals surface area contributed by atoms with Gasteiger partial charge in [0.25, 0.3) is 0 Å². The SMILES string of the molecule is C.C.C#Cc1cc(C#CC)c2ccccc2c1.C#Cc1cc(C#CC)cc2ccccc12.C#Cc1cccc(C#CC)c1.CCC.CCC.CCC.CCC.CCC.CCC.CCC.CCC.CCC.Cc1ccc2ccccc2c1.Cc1ccc2ccccc2c1.Cc1cccc2ccccc12.Cc1cccc2ccccc12.Cc1ccccc1.Cc1ccccc1. The molecule has 15 rings (SSSR count). The highest BCUT2D eigenvalue weighted by molar-refractivity contribution is 5.91. The topological polar surface area (TPSA) is 0 Å². The Morgan fingerprint density at radius 3 is 0.773 bits per heavy atom. The van der Waals surface area contributed by atoms with Crippen LogP contribution in [0.5, 0.6) is 0 Å². The zero-order chi connectivity index (χ0) is 94.8. The Morgan fingerprint density at radius 1 is 0.188 bits per heavy atom. The van der Waals surface area contributed by atoms with Gasteiger partial charge in [-0.1, -0.05) is 540 Å². The molecule has 0 fully saturated rings. The predicted molar refractivity (Wildman–Crippen MR) is 590 cm³/mol. The molecule has 0 aliphatic rings. The van der Waals surface area contributed by atoms with Gasteiger partial charge < -0.3 is 0 Å². The standard InChI is InChI=1S/2C15H10.4C11H10.C11H8.2C7H8.9C3H8.2CH4/c1-3-7-12-10-13(4-2)15-9-6-5-8-14(15)11-12;1-3-7-13-10-12(4-2)11-14-8-5-6-9-15(13)14;2*1-9-5-4-7-10-6-2-3-8-11(9)10;2*1-9-6-7-10-4-2-3-5-11(10)8-9;1-3-6-11-8-5-7-10(4-2)9-11;2*1-7-5-3-2-4-6-7;9*1-3-2;;/h2*2,5-6,8-11H,1H3;4*2-8H,1H3;2,5,7-9H,1H3;2*2-6H,1H3;9*3H2,1-2H3;2*1H4. The second-order valence-corrected chi connectivity index (χ2v) is 29.6. The van der Waals surface area contributed by atoms with Crippen molar-refractivity contribution in [3.05, 3.63) is 394 Å². The molecule has 0 atom stereocenters. The van der Waals surface area contributed by atoms with E-state index in [1.165, 1.54) is 134 Å². The molecule has 15 aromatic rings. The zero-order valence-corrected chi connectivity index (χ0v) is 82.8. The second kappa shape index (κ2) is 85.0. The van der Waals surface area contributed by atoms with Gasteiger partial charge in [0, 0.05) is 33.4 Å². The van der Waals surface area contributed by atoms with Crippen molar-refractivity contribution in [2.75, 3.05) is 0 Å². The normalized spacial score (nSPS) is 8.53. The lowest BCUT2D eigenvalue weighted by molar-refractivity contribution is 1.09. The number of hydrogen-bond acceptors (Lipinski definition) is 0. The highest BCUT2D eigenvalue weighted by Gasteiger charge is 2.02. The summed E-state index contributed by atoms with van der Waals surface area (Å²) < 4.78 is 0. The van der Waals surface area contributed by atoms with Crippen LogP contribution in [0, 0.1) is 114 Å². The van der Waals surface area contributed by atoms with Crippen molar-refractivity contribution in [1.29, 1.82) is 0 Å². The van der Waals surface area contributed by atoms with E-state index in [-0.39, 0.29) is 14.9 Å². The first-order chi connectivity index (χ1) is 61.0. The van der Waals surface area contributed by atoms with E-state index < -0.39 is 0 Å². The first-order valence-electron chi connectivity index (χ1n) is 45.7. The molecule has 0 amide bonds. The van der Waals surface area contributed by atoms with Crippen LogP contribution in [-0.2, 0) is 0 Å². The highest BCUT2D eigenvalue weighted by atomic mass is 14.1. The molecule has 0 bridgehead atoms. The summed E-state index contributed by atoms with van der Waals surface area (Å²) in [6, 6.07) is 112. The van der Waals surface area contributed by atoms with Crippen LogP contribution >= 0.6 is 0 Å². The molecule has 0 spiro atoms. The van der Waals surface area contributed by atoms with E-state index in [1.54, 1.807) is 0 Å². The Kier molecular flexibility index (Phi) is 82.2. The summed E-state index contributed by atoms with van der Waals surface area (Å²) in [5, 5.41) is 15.2. The molecular formula is C128H164. The van der Waals surface area contributed by atoms with Crippen LogP contribution in [0.15, 0.2) is 328 Å². The Labute approximate surface area is 785 Å². The van der Waals surface area contributed by atoms with Gasteiger partial charge in [0.15, 0.2) is 0 Å². The number of terminal acetylenes is 3. The fourth-order valence-electron chi connectivity index (χ4n) is 10.6. The molecule has 0 nitrogen and oxygen atoms in total. The van der Waals surface area contributed by atoms with E-state index in [0.29, 0.717) is 0 Å². The van der Waals surface area contributed by atoms with Gasteiger partial charge in [-0.25, -0.2) is 0 Å². The van der Waals surface area contributed by atoms with E-state index in [9.17, 15) is 0 Å². The third-order valence-electron chi connectivity index (χ3n) is 15.6. The van der Waals surface area contributed by atoms with E-state index in [1.807, 2.05) is 130 Å². The van der Waals surface area contributed by atoms with Crippen LogP contribution in [0.1, 0.15) is 285 Å². The summed E-state index contributed by atoms with van der Waals surface area (Å²) in [5.74, 6) is 25.6. The molecule has 0 aliphatic carbocycles. The molecule has 0 aliphatic heterocycles. The Bertz CT molecular complexity index is 5340. The molecule has 0 unspecified atom stereocenters. The first-order valence-corrected chi connectivity index (χ1v) is 45.7. The molecular weight excluding hydrogens is 1540 g/mol. The van der Waals surface area contributed by atoms with Gasteiger partial charge in [0.05, 0.1) is 0 Å². The fourth-order valence-corrected chi connectivity index (χ4v) is 10.6. The van der Waals surface area contributed by atoms with Gasteiger partial charge in [0.1, 0.15) is 0 Å². The summed E-state index contributed by atoms with van der Waals surface area (Å²) in [6.45, 7) is 56.4. The summed E-state index contributed by atoms with van der Waals surface area (Å²) >= 11 is 0. The van der Waals surface area contributed by atoms with Crippen molar-refractivity contribution >= 4 is 64.6 Å². The van der Waals surface area contributed by atoms with Gasteiger partial charge >= 0.3 is 0 Å². The van der Waals surface area contributed by atoms with E-state index in [0.717, 1.165) is 54.9 Å². The Balaban J connectivity index is -0.000000429. The van der Waals surface area contributed by atoms with Gasteiger partial charge in [-0.15, -0.1) is 37.0 Å². The van der Waals surface area contributed by atoms with Gasteiger partial charge in [-0.05, 0) is 181 Å². The summed E-state index contributed by atoms with van der Waals surface area (Å²) in [6.07, 6.45) is 27.4. The molecule has 0 radical (unpaired) electrons. The van der Waals surface area contributed by atoms with Crippen molar-refractivity contribution in [3.63, 3.8) is 0 Å². The minimum atomic E-state index is 0. The van der Waals surface area contributed by atoms with Crippen molar-refractivity contribution in [1.82, 2.24) is 0 Å². The van der Waals surface area contributed by atoms with Crippen LogP contribution in [0.4, 0.5) is 0 Å². The lowest BCUT2D eigenvalue weighted by Gasteiger charge is -2.01. The summed E-state index contributed by atoms with van der Waals surface area (Å²) in [4.78, 5) is 0. The molecule has 0 aromatic heterocycles. The molecule has 0 saturated carbocycles. The largest absolute Gasteiger partial charge is 0.115 e. The number of benzene rings is 15. The Hall–Kier alpha value is -12.8. The number of aryl methyl sites for hydroxylation is 6. The maximum atomic E-state index is 5.48. The average molecular weight is 1700 g/mol. The minimum Gasteiger partial charge on any atom is -0.115 e. The Morgan fingerprint density at radius 2 is 0.453 bits per heavy atom. The molecule has 0 N–H and O–H groups in total. The molecule has 0 heteroatoms. The third kappa shape index (κ3) is 58.4. The number of hydrogen-bond donors (Lipinski definition) is 0. The van der Waals surface area contributed by atoms with Gasteiger partial charge in [0.2, 0.25) is 0 Å². The maximum Gasteiger partial charge on any atom is 0.0336 e. The lowest BCUT2D eigenvalue weighted by atomic mass is 10.0. The molecule has 15 aromatic carbocycles. The first kappa shape index (κ1) is 124. The smallest absolute Gasteiger partial charge is 0.0336 e. The van der Waals surface area contributed by atoms with Crippen molar-refractivity contribution in [3.8, 4) is 72.6 Å². The lowest BCUT2D eigenvalue weighted by Crippen LogP contribution is -1.83. The quantitative estimate of drug-likeness (QED) is 0.133. The van der Waals surface area contributed by atoms with E-state index in [2.05, 4.69) is 438 Å². The van der Waals surface area contributed by atoms with Gasteiger partial charge in [-0.3, -0.25) is 0 Å². The van der Waals surface area contributed by atoms with Gasteiger partial charge in [-0.2, -0.15) is 0 Å². The summed E-state index contributed by atoms with van der Waals surface area (Å²) in [7, 11) is 0. The van der Waals surface area contributed by atoms with E-state index >= 15 is 0 Å². The zero-order valence-electron chi connectivity index (χ0n) is 82.8.